The van der Waals surface area contributed by atoms with Crippen molar-refractivity contribution < 1.29 is 9.53 Å². The van der Waals surface area contributed by atoms with Crippen molar-refractivity contribution >= 4 is 5.97 Å². The molecule has 0 aromatic carbocycles. The van der Waals surface area contributed by atoms with Crippen LogP contribution in [0.25, 0.3) is 0 Å². The van der Waals surface area contributed by atoms with Crippen LogP contribution in [0.1, 0.15) is 25.5 Å². The average molecular weight is 251 g/mol. The Morgan fingerprint density at radius 1 is 1.67 bits per heavy atom. The summed E-state index contributed by atoms with van der Waals surface area (Å²) in [5, 5.41) is 7.55. The molecular weight excluding hydrogens is 230 g/mol. The number of nitrogens with one attached hydrogen (secondary N) is 1. The third-order valence-electron chi connectivity index (χ3n) is 3.55. The number of carbonyl (C=O) groups excluding carboxylic acids is 1. The molecule has 5 nitrogen and oxygen atoms in total. The predicted octanol–water partition coefficient (Wildman–Crippen LogP) is 1.12. The summed E-state index contributed by atoms with van der Waals surface area (Å²) < 4.78 is 7.06. The average Bonchev–Trinajstić information content (AvgIpc) is 3.11. The molecule has 0 amide bonds. The third-order valence-corrected chi connectivity index (χ3v) is 3.55. The molecule has 0 saturated heterocycles. The summed E-state index contributed by atoms with van der Waals surface area (Å²) >= 11 is 0. The van der Waals surface area contributed by atoms with Gasteiger partial charge >= 0.3 is 5.97 Å². The summed E-state index contributed by atoms with van der Waals surface area (Å²) in [5.74, 6) is 0.189. The van der Waals surface area contributed by atoms with Gasteiger partial charge in [-0.1, -0.05) is 0 Å². The molecule has 1 aliphatic carbocycles. The van der Waals surface area contributed by atoms with Gasteiger partial charge in [-0.05, 0) is 45.7 Å². The number of likely N-dealkylation sites (N-methyl/N-ethyl adjacent to an activating group) is 1. The minimum absolute atomic E-state index is 0.164. The molecule has 1 aromatic rings. The van der Waals surface area contributed by atoms with Crippen molar-refractivity contribution in [2.45, 2.75) is 38.8 Å². The van der Waals surface area contributed by atoms with Crippen LogP contribution in [0.15, 0.2) is 12.3 Å². The van der Waals surface area contributed by atoms with Crippen LogP contribution in [0.5, 0.6) is 0 Å². The fraction of sp³-hybridized carbons (Fsp3) is 0.692. The molecule has 0 radical (unpaired) electrons. The minimum Gasteiger partial charge on any atom is -0.465 e. The van der Waals surface area contributed by atoms with Crippen molar-refractivity contribution in [3.05, 3.63) is 18.0 Å². The molecule has 2 rings (SSSR count). The molecule has 100 valence electrons. The van der Waals surface area contributed by atoms with E-state index >= 15 is 0 Å². The summed E-state index contributed by atoms with van der Waals surface area (Å²) in [6, 6.07) is 1.94. The molecule has 0 aliphatic heterocycles. The summed E-state index contributed by atoms with van der Waals surface area (Å²) in [6.45, 7) is 4.72. The summed E-state index contributed by atoms with van der Waals surface area (Å²) in [4.78, 5) is 12.3. The zero-order valence-corrected chi connectivity index (χ0v) is 11.3. The van der Waals surface area contributed by atoms with E-state index in [1.54, 1.807) is 0 Å². The maximum absolute atomic E-state index is 12.3. The lowest BCUT2D eigenvalue weighted by Gasteiger charge is -2.31. The molecular formula is C13H21N3O2. The van der Waals surface area contributed by atoms with Gasteiger partial charge in [0.15, 0.2) is 0 Å². The number of aryl methyl sites for hydroxylation is 1. The molecule has 1 aromatic heterocycles. The van der Waals surface area contributed by atoms with Crippen LogP contribution in [0.3, 0.4) is 0 Å². The SMILES string of the molecule is CCOC(=O)C(Cn1ccc(C)n1)(NC)C1CC1. The second-order valence-electron chi connectivity index (χ2n) is 4.87. The van der Waals surface area contributed by atoms with Crippen LogP contribution in [-0.2, 0) is 16.1 Å². The maximum Gasteiger partial charge on any atom is 0.328 e. The highest BCUT2D eigenvalue weighted by molar-refractivity contribution is 5.81. The van der Waals surface area contributed by atoms with Gasteiger partial charge in [0.05, 0.1) is 18.8 Å². The van der Waals surface area contributed by atoms with Crippen LogP contribution in [-0.4, -0.2) is 34.9 Å². The van der Waals surface area contributed by atoms with E-state index in [2.05, 4.69) is 10.4 Å². The molecule has 5 heteroatoms. The van der Waals surface area contributed by atoms with Crippen LogP contribution in [0.2, 0.25) is 0 Å². The summed E-state index contributed by atoms with van der Waals surface area (Å²) in [7, 11) is 1.82. The second kappa shape index (κ2) is 5.10. The largest absolute Gasteiger partial charge is 0.465 e. The van der Waals surface area contributed by atoms with Crippen molar-refractivity contribution in [3.8, 4) is 0 Å². The Kier molecular flexibility index (Phi) is 3.71. The van der Waals surface area contributed by atoms with Crippen molar-refractivity contribution in [2.24, 2.45) is 5.92 Å². The third kappa shape index (κ3) is 2.41. The number of hydrogen-bond donors (Lipinski definition) is 1. The number of aromatic nitrogens is 2. The highest BCUT2D eigenvalue weighted by atomic mass is 16.5. The molecule has 1 heterocycles. The number of carbonyl (C=O) groups is 1. The molecule has 18 heavy (non-hydrogen) atoms. The molecule has 1 unspecified atom stereocenters. The Morgan fingerprint density at radius 3 is 2.83 bits per heavy atom. The minimum atomic E-state index is -0.630. The van der Waals surface area contributed by atoms with Gasteiger partial charge in [-0.3, -0.25) is 4.68 Å². The Labute approximate surface area is 108 Å². The van der Waals surface area contributed by atoms with Crippen LogP contribution >= 0.6 is 0 Å². The van der Waals surface area contributed by atoms with E-state index < -0.39 is 5.54 Å². The smallest absolute Gasteiger partial charge is 0.328 e. The quantitative estimate of drug-likeness (QED) is 0.770. The van der Waals surface area contributed by atoms with E-state index in [1.807, 2.05) is 37.8 Å². The first-order valence-electron chi connectivity index (χ1n) is 6.48. The maximum atomic E-state index is 12.3. The van der Waals surface area contributed by atoms with Gasteiger partial charge < -0.3 is 10.1 Å². The predicted molar refractivity (Wildman–Crippen MR) is 68.1 cm³/mol. The topological polar surface area (TPSA) is 56.2 Å². The van der Waals surface area contributed by atoms with E-state index in [4.69, 9.17) is 4.74 Å². The second-order valence-corrected chi connectivity index (χ2v) is 4.87. The van der Waals surface area contributed by atoms with Gasteiger partial charge in [-0.25, -0.2) is 4.79 Å². The van der Waals surface area contributed by atoms with Crippen LogP contribution in [0.4, 0.5) is 0 Å². The Bertz CT molecular complexity index is 426. The van der Waals surface area contributed by atoms with Gasteiger partial charge in [-0.2, -0.15) is 5.10 Å². The number of ether oxygens (including phenoxy) is 1. The molecule has 0 spiro atoms. The highest BCUT2D eigenvalue weighted by Crippen LogP contribution is 2.41. The van der Waals surface area contributed by atoms with Crippen LogP contribution < -0.4 is 5.32 Å². The Hall–Kier alpha value is -1.36. The Balaban J connectivity index is 2.21. The van der Waals surface area contributed by atoms with Gasteiger partial charge in [0.25, 0.3) is 0 Å². The van der Waals surface area contributed by atoms with Crippen molar-refractivity contribution in [1.82, 2.24) is 15.1 Å². The van der Waals surface area contributed by atoms with Crippen molar-refractivity contribution in [1.29, 1.82) is 0 Å². The van der Waals surface area contributed by atoms with Crippen LogP contribution in [0, 0.1) is 12.8 Å². The lowest BCUT2D eigenvalue weighted by molar-refractivity contribution is -0.153. The lowest BCUT2D eigenvalue weighted by atomic mass is 9.93. The first kappa shape index (κ1) is 13.1. The fourth-order valence-corrected chi connectivity index (χ4v) is 2.39. The number of hydrogen-bond acceptors (Lipinski definition) is 4. The van der Waals surface area contributed by atoms with E-state index in [9.17, 15) is 4.79 Å². The first-order chi connectivity index (χ1) is 8.62. The molecule has 1 aliphatic rings. The molecule has 1 fully saturated rings. The molecule has 1 saturated carbocycles. The fourth-order valence-electron chi connectivity index (χ4n) is 2.39. The Morgan fingerprint density at radius 2 is 2.39 bits per heavy atom. The van der Waals surface area contributed by atoms with E-state index in [0.29, 0.717) is 19.1 Å². The number of nitrogens with zero attached hydrogens (tertiary/aromatic N) is 2. The summed E-state index contributed by atoms with van der Waals surface area (Å²) in [6.07, 6.45) is 4.04. The standard InChI is InChI=1S/C13H21N3O2/c1-4-18-12(17)13(14-3,11-5-6-11)9-16-8-7-10(2)15-16/h7-8,11,14H,4-6,9H2,1-3H3. The molecule has 1 atom stereocenters. The zero-order valence-electron chi connectivity index (χ0n) is 11.3. The number of esters is 1. The first-order valence-corrected chi connectivity index (χ1v) is 6.48. The van der Waals surface area contributed by atoms with Gasteiger partial charge in [-0.15, -0.1) is 0 Å². The monoisotopic (exact) mass is 251 g/mol. The lowest BCUT2D eigenvalue weighted by Crippen LogP contribution is -2.56. The van der Waals surface area contributed by atoms with Gasteiger partial charge in [0, 0.05) is 6.20 Å². The molecule has 0 bridgehead atoms. The van der Waals surface area contributed by atoms with Gasteiger partial charge in [0.2, 0.25) is 0 Å². The van der Waals surface area contributed by atoms with E-state index in [0.717, 1.165) is 18.5 Å². The van der Waals surface area contributed by atoms with Crippen molar-refractivity contribution in [2.75, 3.05) is 13.7 Å². The summed E-state index contributed by atoms with van der Waals surface area (Å²) in [5.41, 5.74) is 0.328. The van der Waals surface area contributed by atoms with E-state index in [1.165, 1.54) is 0 Å². The van der Waals surface area contributed by atoms with Crippen molar-refractivity contribution in [3.63, 3.8) is 0 Å². The normalized spacial score (nSPS) is 18.4. The highest BCUT2D eigenvalue weighted by Gasteiger charge is 2.51. The zero-order chi connectivity index (χ0) is 13.2. The van der Waals surface area contributed by atoms with Gasteiger partial charge in [0.1, 0.15) is 5.54 Å². The van der Waals surface area contributed by atoms with E-state index in [-0.39, 0.29) is 5.97 Å². The number of rotatable bonds is 6. The molecule has 1 N–H and O–H groups in total.